The molecule has 1 saturated heterocycles. The summed E-state index contributed by atoms with van der Waals surface area (Å²) in [7, 11) is 1.43. The van der Waals surface area contributed by atoms with E-state index in [-0.39, 0.29) is 17.5 Å². The van der Waals surface area contributed by atoms with Crippen LogP contribution in [0.3, 0.4) is 0 Å². The van der Waals surface area contributed by atoms with Crippen LogP contribution < -0.4 is 0 Å². The number of ether oxygens (including phenoxy) is 1. The van der Waals surface area contributed by atoms with Crippen LogP contribution in [0.4, 0.5) is 0 Å². The third kappa shape index (κ3) is 4.77. The first-order valence-corrected chi connectivity index (χ1v) is 11.0. The first-order valence-electron chi connectivity index (χ1n) is 11.0. The summed E-state index contributed by atoms with van der Waals surface area (Å²) in [4.78, 5) is 14.4. The quantitative estimate of drug-likeness (QED) is 0.735. The van der Waals surface area contributed by atoms with Crippen LogP contribution in [0.5, 0.6) is 0 Å². The van der Waals surface area contributed by atoms with Gasteiger partial charge in [0.2, 0.25) is 0 Å². The summed E-state index contributed by atoms with van der Waals surface area (Å²) in [5, 5.41) is 10.6. The van der Waals surface area contributed by atoms with Crippen molar-refractivity contribution in [1.29, 1.82) is 0 Å². The van der Waals surface area contributed by atoms with E-state index < -0.39 is 0 Å². The average molecular weight is 388 g/mol. The molecule has 1 heterocycles. The zero-order chi connectivity index (χ0) is 20.1. The number of aliphatic hydroxyl groups is 1. The van der Waals surface area contributed by atoms with Gasteiger partial charge in [-0.05, 0) is 67.2 Å². The van der Waals surface area contributed by atoms with Crippen molar-refractivity contribution in [1.82, 2.24) is 4.90 Å². The van der Waals surface area contributed by atoms with Crippen molar-refractivity contribution in [3.8, 4) is 0 Å². The number of piperidine rings is 1. The summed E-state index contributed by atoms with van der Waals surface area (Å²) >= 11 is 0. The Morgan fingerprint density at radius 1 is 1.32 bits per heavy atom. The van der Waals surface area contributed by atoms with Gasteiger partial charge in [0.05, 0.1) is 18.8 Å². The molecule has 2 aliphatic rings. The third-order valence-electron chi connectivity index (χ3n) is 7.45. The zero-order valence-electron chi connectivity index (χ0n) is 17.8. The van der Waals surface area contributed by atoms with Gasteiger partial charge in [0, 0.05) is 13.1 Å². The van der Waals surface area contributed by atoms with Gasteiger partial charge < -0.3 is 14.7 Å². The monoisotopic (exact) mass is 387 g/mol. The standard InChI is InChI=1S/C24H37NO3/c1-18-17-25(14-12-22(26)19-8-5-4-6-9-19)15-13-24(18,2)21-11-7-10-20(16-21)23(27)28-3/h7,10-11,16,18-19,22,26H,4-6,8-9,12-15,17H2,1-3H3/t18-,22+,24+/m0/s1. The van der Waals surface area contributed by atoms with E-state index in [2.05, 4.69) is 24.8 Å². The Morgan fingerprint density at radius 2 is 2.07 bits per heavy atom. The molecule has 0 aromatic heterocycles. The molecule has 0 amide bonds. The van der Waals surface area contributed by atoms with E-state index >= 15 is 0 Å². The fraction of sp³-hybridized carbons (Fsp3) is 0.708. The molecule has 0 unspecified atom stereocenters. The molecule has 1 saturated carbocycles. The predicted molar refractivity (Wildman–Crippen MR) is 113 cm³/mol. The number of esters is 1. The molecule has 4 nitrogen and oxygen atoms in total. The number of likely N-dealkylation sites (tertiary alicyclic amines) is 1. The maximum Gasteiger partial charge on any atom is 0.337 e. The number of hydrogen-bond acceptors (Lipinski definition) is 4. The van der Waals surface area contributed by atoms with Crippen molar-refractivity contribution in [2.45, 2.75) is 70.3 Å². The second kappa shape index (κ2) is 9.41. The SMILES string of the molecule is COC(=O)c1cccc([C@]2(C)CCN(CC[C@@H](O)C3CCCCC3)C[C@@H]2C)c1. The fourth-order valence-electron chi connectivity index (χ4n) is 5.14. The van der Waals surface area contributed by atoms with Gasteiger partial charge in [-0.25, -0.2) is 4.79 Å². The van der Waals surface area contributed by atoms with Crippen molar-refractivity contribution >= 4 is 5.97 Å². The number of carbonyl (C=O) groups excluding carboxylic acids is 1. The number of methoxy groups -OCH3 is 1. The third-order valence-corrected chi connectivity index (χ3v) is 7.45. The smallest absolute Gasteiger partial charge is 0.337 e. The summed E-state index contributed by atoms with van der Waals surface area (Å²) in [6, 6.07) is 7.94. The van der Waals surface area contributed by atoms with Gasteiger partial charge >= 0.3 is 5.97 Å². The lowest BCUT2D eigenvalue weighted by Crippen LogP contribution is -2.48. The van der Waals surface area contributed by atoms with Crippen molar-refractivity contribution in [2.75, 3.05) is 26.7 Å². The predicted octanol–water partition coefficient (Wildman–Crippen LogP) is 4.40. The lowest BCUT2D eigenvalue weighted by molar-refractivity contribution is 0.0502. The van der Waals surface area contributed by atoms with Crippen molar-refractivity contribution in [3.63, 3.8) is 0 Å². The van der Waals surface area contributed by atoms with E-state index in [0.29, 0.717) is 17.4 Å². The van der Waals surface area contributed by atoms with E-state index in [1.54, 1.807) is 0 Å². The Bertz CT molecular complexity index is 655. The summed E-state index contributed by atoms with van der Waals surface area (Å²) in [5.41, 5.74) is 1.92. The molecular weight excluding hydrogens is 350 g/mol. The first kappa shape index (κ1) is 21.3. The highest BCUT2D eigenvalue weighted by atomic mass is 16.5. The van der Waals surface area contributed by atoms with Crippen LogP contribution >= 0.6 is 0 Å². The summed E-state index contributed by atoms with van der Waals surface area (Å²) in [6.07, 6.45) is 8.13. The zero-order valence-corrected chi connectivity index (χ0v) is 17.8. The minimum absolute atomic E-state index is 0.0581. The minimum Gasteiger partial charge on any atom is -0.465 e. The number of hydrogen-bond donors (Lipinski definition) is 1. The van der Waals surface area contributed by atoms with E-state index in [0.717, 1.165) is 32.5 Å². The Balaban J connectivity index is 1.57. The molecule has 1 aromatic rings. The molecule has 2 fully saturated rings. The normalized spacial score (nSPS) is 28.1. The van der Waals surface area contributed by atoms with Gasteiger partial charge in [-0.15, -0.1) is 0 Å². The summed E-state index contributed by atoms with van der Waals surface area (Å²) in [5.74, 6) is 0.732. The van der Waals surface area contributed by atoms with Crippen LogP contribution in [-0.2, 0) is 10.2 Å². The largest absolute Gasteiger partial charge is 0.465 e. The summed E-state index contributed by atoms with van der Waals surface area (Å²) < 4.78 is 4.89. The Kier molecular flexibility index (Phi) is 7.16. The van der Waals surface area contributed by atoms with Gasteiger partial charge in [0.1, 0.15) is 0 Å². The molecular formula is C24H37NO3. The Labute approximate surface area is 170 Å². The number of carbonyl (C=O) groups is 1. The molecule has 1 aliphatic heterocycles. The molecule has 0 radical (unpaired) electrons. The second-order valence-corrected chi connectivity index (χ2v) is 9.20. The molecule has 3 atom stereocenters. The summed E-state index contributed by atoms with van der Waals surface area (Å²) in [6.45, 7) is 7.70. The lowest BCUT2D eigenvalue weighted by atomic mass is 9.68. The van der Waals surface area contributed by atoms with Crippen LogP contribution in [0.25, 0.3) is 0 Å². The fourth-order valence-corrected chi connectivity index (χ4v) is 5.14. The van der Waals surface area contributed by atoms with Crippen molar-refractivity contribution < 1.29 is 14.6 Å². The van der Waals surface area contributed by atoms with E-state index in [1.165, 1.54) is 44.8 Å². The highest BCUT2D eigenvalue weighted by Gasteiger charge is 2.38. The van der Waals surface area contributed by atoms with Crippen molar-refractivity contribution in [3.05, 3.63) is 35.4 Å². The van der Waals surface area contributed by atoms with Gasteiger partial charge in [0.15, 0.2) is 0 Å². The number of benzene rings is 1. The molecule has 28 heavy (non-hydrogen) atoms. The van der Waals surface area contributed by atoms with Crippen LogP contribution in [-0.4, -0.2) is 48.8 Å². The molecule has 3 rings (SSSR count). The minimum atomic E-state index is -0.271. The lowest BCUT2D eigenvalue weighted by Gasteiger charge is -2.45. The maximum absolute atomic E-state index is 11.9. The van der Waals surface area contributed by atoms with Crippen LogP contribution in [0.2, 0.25) is 0 Å². The van der Waals surface area contributed by atoms with Gasteiger partial charge in [-0.1, -0.05) is 45.2 Å². The number of rotatable bonds is 6. The van der Waals surface area contributed by atoms with Crippen LogP contribution in [0.1, 0.15) is 74.7 Å². The van der Waals surface area contributed by atoms with Crippen molar-refractivity contribution in [2.24, 2.45) is 11.8 Å². The highest BCUT2D eigenvalue weighted by Crippen LogP contribution is 2.40. The van der Waals surface area contributed by atoms with Gasteiger partial charge in [0.25, 0.3) is 0 Å². The first-order chi connectivity index (χ1) is 13.4. The van der Waals surface area contributed by atoms with Gasteiger partial charge in [-0.3, -0.25) is 0 Å². The van der Waals surface area contributed by atoms with E-state index in [1.807, 2.05) is 18.2 Å². The highest BCUT2D eigenvalue weighted by molar-refractivity contribution is 5.89. The molecule has 4 heteroatoms. The topological polar surface area (TPSA) is 49.8 Å². The molecule has 1 aliphatic carbocycles. The molecule has 0 bridgehead atoms. The molecule has 0 spiro atoms. The number of nitrogens with zero attached hydrogens (tertiary/aromatic N) is 1. The van der Waals surface area contributed by atoms with Crippen LogP contribution in [0.15, 0.2) is 24.3 Å². The Morgan fingerprint density at radius 3 is 2.75 bits per heavy atom. The van der Waals surface area contributed by atoms with Gasteiger partial charge in [-0.2, -0.15) is 0 Å². The number of aliphatic hydroxyl groups excluding tert-OH is 1. The molecule has 1 aromatic carbocycles. The maximum atomic E-state index is 11.9. The molecule has 1 N–H and O–H groups in total. The average Bonchev–Trinajstić information content (AvgIpc) is 2.74. The second-order valence-electron chi connectivity index (χ2n) is 9.20. The van der Waals surface area contributed by atoms with E-state index in [4.69, 9.17) is 4.74 Å². The van der Waals surface area contributed by atoms with Crippen LogP contribution in [0, 0.1) is 11.8 Å². The molecule has 156 valence electrons. The van der Waals surface area contributed by atoms with E-state index in [9.17, 15) is 9.90 Å². The Hall–Kier alpha value is -1.39.